The number of nitrogens with zero attached hydrogens (tertiary/aromatic N) is 1. The first-order valence-corrected chi connectivity index (χ1v) is 14.0. The van der Waals surface area contributed by atoms with E-state index in [1.54, 1.807) is 17.0 Å². The zero-order valence-electron chi connectivity index (χ0n) is 20.6. The van der Waals surface area contributed by atoms with Gasteiger partial charge in [0.2, 0.25) is 11.8 Å². The van der Waals surface area contributed by atoms with E-state index in [4.69, 9.17) is 23.2 Å². The van der Waals surface area contributed by atoms with E-state index < -0.39 is 6.04 Å². The summed E-state index contributed by atoms with van der Waals surface area (Å²) in [5.74, 6) is 0.723. The van der Waals surface area contributed by atoms with Crippen LogP contribution in [0.15, 0.2) is 78.9 Å². The van der Waals surface area contributed by atoms with E-state index >= 15 is 0 Å². The van der Waals surface area contributed by atoms with Crippen LogP contribution in [0.25, 0.3) is 0 Å². The Morgan fingerprint density at radius 2 is 1.44 bits per heavy atom. The standard InChI is InChI=1S/C29H32Cl2N2O2S/c1-3-21(2)32-29(35)27(17-22-7-5-4-6-8-22)33(18-23-9-13-25(30)14-10-23)28(34)20-36-19-24-11-15-26(31)16-12-24/h4-16,21,27H,3,17-20H2,1-2H3,(H,32,35)/t21-,27-/m0/s1. The molecule has 0 aromatic heterocycles. The Hall–Kier alpha value is -2.47. The molecule has 0 bridgehead atoms. The van der Waals surface area contributed by atoms with Crippen LogP contribution < -0.4 is 5.32 Å². The van der Waals surface area contributed by atoms with Crippen molar-refractivity contribution in [3.63, 3.8) is 0 Å². The van der Waals surface area contributed by atoms with E-state index in [1.807, 2.05) is 80.6 Å². The predicted molar refractivity (Wildman–Crippen MR) is 151 cm³/mol. The average Bonchev–Trinajstić information content (AvgIpc) is 2.88. The minimum atomic E-state index is -0.638. The number of benzene rings is 3. The summed E-state index contributed by atoms with van der Waals surface area (Å²) in [4.78, 5) is 28.8. The molecule has 0 saturated heterocycles. The molecule has 0 aliphatic heterocycles. The minimum absolute atomic E-state index is 0.0162. The number of hydrogen-bond donors (Lipinski definition) is 1. The van der Waals surface area contributed by atoms with Gasteiger partial charge in [-0.3, -0.25) is 9.59 Å². The van der Waals surface area contributed by atoms with Gasteiger partial charge in [0, 0.05) is 34.8 Å². The van der Waals surface area contributed by atoms with Gasteiger partial charge in [0.05, 0.1) is 5.75 Å². The summed E-state index contributed by atoms with van der Waals surface area (Å²) >= 11 is 13.6. The third-order valence-corrected chi connectivity index (χ3v) is 7.44. The summed E-state index contributed by atoms with van der Waals surface area (Å²) in [6.07, 6.45) is 1.25. The van der Waals surface area contributed by atoms with Crippen molar-refractivity contribution in [2.75, 3.05) is 5.75 Å². The molecule has 2 amide bonds. The summed E-state index contributed by atoms with van der Waals surface area (Å²) < 4.78 is 0. The van der Waals surface area contributed by atoms with Crippen LogP contribution in [-0.4, -0.2) is 34.6 Å². The zero-order chi connectivity index (χ0) is 25.9. The summed E-state index contributed by atoms with van der Waals surface area (Å²) in [7, 11) is 0. The molecule has 0 aliphatic rings. The number of halogens is 2. The number of thioether (sulfide) groups is 1. The van der Waals surface area contributed by atoms with E-state index in [1.165, 1.54) is 11.8 Å². The minimum Gasteiger partial charge on any atom is -0.352 e. The third kappa shape index (κ3) is 8.88. The van der Waals surface area contributed by atoms with Gasteiger partial charge in [-0.05, 0) is 54.3 Å². The van der Waals surface area contributed by atoms with Crippen LogP contribution in [-0.2, 0) is 28.3 Å². The van der Waals surface area contributed by atoms with E-state index in [9.17, 15) is 9.59 Å². The van der Waals surface area contributed by atoms with Crippen LogP contribution in [0.4, 0.5) is 0 Å². The summed E-state index contributed by atoms with van der Waals surface area (Å²) in [6, 6.07) is 24.2. The number of amides is 2. The third-order valence-electron chi connectivity index (χ3n) is 5.95. The van der Waals surface area contributed by atoms with E-state index in [0.29, 0.717) is 28.8 Å². The first kappa shape index (κ1) is 28.1. The van der Waals surface area contributed by atoms with Crippen molar-refractivity contribution >= 4 is 46.8 Å². The lowest BCUT2D eigenvalue weighted by atomic mass is 10.0. The normalized spacial score (nSPS) is 12.6. The molecule has 0 spiro atoms. The van der Waals surface area contributed by atoms with Crippen molar-refractivity contribution in [3.05, 3.63) is 106 Å². The highest BCUT2D eigenvalue weighted by Gasteiger charge is 2.30. The second-order valence-electron chi connectivity index (χ2n) is 8.79. The van der Waals surface area contributed by atoms with Crippen LogP contribution in [0.1, 0.15) is 37.0 Å². The molecule has 0 fully saturated rings. The van der Waals surface area contributed by atoms with Crippen molar-refractivity contribution in [1.29, 1.82) is 0 Å². The summed E-state index contributed by atoms with van der Waals surface area (Å²) in [5.41, 5.74) is 3.02. The molecule has 1 N–H and O–H groups in total. The Bertz CT molecular complexity index is 1110. The lowest BCUT2D eigenvalue weighted by Gasteiger charge is -2.32. The highest BCUT2D eigenvalue weighted by molar-refractivity contribution is 7.99. The maximum atomic E-state index is 13.6. The molecular formula is C29H32Cl2N2O2S. The lowest BCUT2D eigenvalue weighted by molar-refractivity contribution is -0.139. The smallest absolute Gasteiger partial charge is 0.243 e. The van der Waals surface area contributed by atoms with Gasteiger partial charge in [-0.25, -0.2) is 0 Å². The van der Waals surface area contributed by atoms with Crippen LogP contribution in [0.2, 0.25) is 10.0 Å². The molecule has 3 rings (SSSR count). The molecule has 0 unspecified atom stereocenters. The number of hydrogen-bond acceptors (Lipinski definition) is 3. The van der Waals surface area contributed by atoms with Gasteiger partial charge in [0.1, 0.15) is 6.04 Å². The number of nitrogens with one attached hydrogen (secondary N) is 1. The Morgan fingerprint density at radius 3 is 2.03 bits per heavy atom. The molecule has 0 heterocycles. The summed E-state index contributed by atoms with van der Waals surface area (Å²) in [6.45, 7) is 4.33. The summed E-state index contributed by atoms with van der Waals surface area (Å²) in [5, 5.41) is 4.41. The van der Waals surface area contributed by atoms with Crippen LogP contribution >= 0.6 is 35.0 Å². The highest BCUT2D eigenvalue weighted by atomic mass is 35.5. The molecule has 7 heteroatoms. The van der Waals surface area contributed by atoms with Crippen LogP contribution in [0, 0.1) is 0 Å². The fourth-order valence-corrected chi connectivity index (χ4v) is 4.82. The topological polar surface area (TPSA) is 49.4 Å². The van der Waals surface area contributed by atoms with Gasteiger partial charge in [-0.2, -0.15) is 0 Å². The molecule has 3 aromatic carbocycles. The molecule has 4 nitrogen and oxygen atoms in total. The largest absolute Gasteiger partial charge is 0.352 e. The lowest BCUT2D eigenvalue weighted by Crippen LogP contribution is -2.52. The Morgan fingerprint density at radius 1 is 0.861 bits per heavy atom. The molecule has 0 saturated carbocycles. The van der Waals surface area contributed by atoms with Gasteiger partial charge in [0.25, 0.3) is 0 Å². The maximum absolute atomic E-state index is 13.6. The fourth-order valence-electron chi connectivity index (χ4n) is 3.70. The fraction of sp³-hybridized carbons (Fsp3) is 0.310. The quantitative estimate of drug-likeness (QED) is 0.274. The van der Waals surface area contributed by atoms with Gasteiger partial charge in [-0.15, -0.1) is 11.8 Å². The van der Waals surface area contributed by atoms with Crippen LogP contribution in [0.5, 0.6) is 0 Å². The molecule has 36 heavy (non-hydrogen) atoms. The number of carbonyl (C=O) groups is 2. The van der Waals surface area contributed by atoms with E-state index in [0.717, 1.165) is 23.1 Å². The van der Waals surface area contributed by atoms with E-state index in [2.05, 4.69) is 5.32 Å². The van der Waals surface area contributed by atoms with Crippen molar-refractivity contribution < 1.29 is 9.59 Å². The van der Waals surface area contributed by atoms with Crippen molar-refractivity contribution in [1.82, 2.24) is 10.2 Å². The number of carbonyl (C=O) groups excluding carboxylic acids is 2. The Labute approximate surface area is 228 Å². The molecule has 3 aromatic rings. The highest BCUT2D eigenvalue weighted by Crippen LogP contribution is 2.20. The molecular weight excluding hydrogens is 511 g/mol. The van der Waals surface area contributed by atoms with Crippen LogP contribution in [0.3, 0.4) is 0 Å². The molecule has 190 valence electrons. The SMILES string of the molecule is CC[C@H](C)NC(=O)[C@H](Cc1ccccc1)N(Cc1ccc(Cl)cc1)C(=O)CSCc1ccc(Cl)cc1. The van der Waals surface area contributed by atoms with Gasteiger partial charge in [-0.1, -0.05) is 84.7 Å². The van der Waals surface area contributed by atoms with E-state index in [-0.39, 0.29) is 23.6 Å². The van der Waals surface area contributed by atoms with Gasteiger partial charge >= 0.3 is 0 Å². The Kier molecular flexibility index (Phi) is 11.2. The number of rotatable bonds is 12. The van der Waals surface area contributed by atoms with Crippen molar-refractivity contribution in [3.8, 4) is 0 Å². The molecule has 0 aliphatic carbocycles. The average molecular weight is 544 g/mol. The van der Waals surface area contributed by atoms with Gasteiger partial charge in [0.15, 0.2) is 0 Å². The van der Waals surface area contributed by atoms with Crippen molar-refractivity contribution in [2.24, 2.45) is 0 Å². The first-order chi connectivity index (χ1) is 17.4. The monoisotopic (exact) mass is 542 g/mol. The maximum Gasteiger partial charge on any atom is 0.243 e. The van der Waals surface area contributed by atoms with Gasteiger partial charge < -0.3 is 10.2 Å². The Balaban J connectivity index is 1.84. The van der Waals surface area contributed by atoms with Crippen molar-refractivity contribution in [2.45, 2.75) is 51.1 Å². The predicted octanol–water partition coefficient (Wildman–Crippen LogP) is 6.78. The molecule has 0 radical (unpaired) electrons. The first-order valence-electron chi connectivity index (χ1n) is 12.1. The molecule has 2 atom stereocenters. The second kappa shape index (κ2) is 14.3. The second-order valence-corrected chi connectivity index (χ2v) is 10.6. The zero-order valence-corrected chi connectivity index (χ0v) is 23.0.